The molecule has 0 heterocycles. The number of benzene rings is 1. The molecule has 0 aliphatic heterocycles. The Morgan fingerprint density at radius 3 is 2.16 bits per heavy atom. The average Bonchev–Trinajstić information content (AvgIpc) is 2.37. The van der Waals surface area contributed by atoms with E-state index < -0.39 is 11.7 Å². The number of alkyl halides is 3. The molecular weight excluding hydrogens is 253 g/mol. The lowest BCUT2D eigenvalue weighted by Crippen LogP contribution is -2.25. The van der Waals surface area contributed by atoms with Gasteiger partial charge in [-0.1, -0.05) is 13.8 Å². The van der Waals surface area contributed by atoms with Gasteiger partial charge in [0.25, 0.3) is 0 Å². The molecule has 0 radical (unpaired) electrons. The van der Waals surface area contributed by atoms with Crippen LogP contribution in [0.4, 0.5) is 18.9 Å². The van der Waals surface area contributed by atoms with Crippen LogP contribution < -0.4 is 4.90 Å². The highest BCUT2D eigenvalue weighted by Crippen LogP contribution is 2.34. The maximum absolute atomic E-state index is 12.9. The zero-order valence-corrected chi connectivity index (χ0v) is 11.1. The second-order valence-corrected chi connectivity index (χ2v) is 4.33. The van der Waals surface area contributed by atoms with Gasteiger partial charge in [-0.2, -0.15) is 18.4 Å². The number of rotatable bonds is 5. The molecule has 0 atom stereocenters. The Bertz CT molecular complexity index is 455. The van der Waals surface area contributed by atoms with E-state index in [2.05, 4.69) is 0 Å². The van der Waals surface area contributed by atoms with Crippen molar-refractivity contribution in [1.29, 1.82) is 5.26 Å². The SMILES string of the molecule is CCCN(CCC)c1ccc(C#N)c(C(F)(F)F)c1. The van der Waals surface area contributed by atoms with Gasteiger partial charge in [-0.15, -0.1) is 0 Å². The fraction of sp³-hybridized carbons (Fsp3) is 0.500. The van der Waals surface area contributed by atoms with Gasteiger partial charge >= 0.3 is 6.18 Å². The Balaban J connectivity index is 3.20. The second-order valence-electron chi connectivity index (χ2n) is 4.33. The minimum atomic E-state index is -4.49. The van der Waals surface area contributed by atoms with Crippen molar-refractivity contribution in [3.63, 3.8) is 0 Å². The summed E-state index contributed by atoms with van der Waals surface area (Å²) in [6.07, 6.45) is -2.77. The minimum Gasteiger partial charge on any atom is -0.372 e. The molecule has 0 aliphatic rings. The van der Waals surface area contributed by atoms with Crippen LogP contribution in [-0.2, 0) is 6.18 Å². The standard InChI is InChI=1S/C14H17F3N2/c1-3-7-19(8-4-2)12-6-5-11(10-18)13(9-12)14(15,16)17/h5-6,9H,3-4,7-8H2,1-2H3. The molecule has 1 aromatic carbocycles. The summed E-state index contributed by atoms with van der Waals surface area (Å²) >= 11 is 0. The molecule has 0 amide bonds. The van der Waals surface area contributed by atoms with Gasteiger partial charge in [0.15, 0.2) is 0 Å². The Morgan fingerprint density at radius 2 is 1.74 bits per heavy atom. The van der Waals surface area contributed by atoms with Crippen molar-refractivity contribution in [2.75, 3.05) is 18.0 Å². The van der Waals surface area contributed by atoms with Crippen LogP contribution in [0.3, 0.4) is 0 Å². The Kier molecular flexibility index (Phi) is 5.22. The van der Waals surface area contributed by atoms with E-state index in [4.69, 9.17) is 5.26 Å². The number of anilines is 1. The summed E-state index contributed by atoms with van der Waals surface area (Å²) in [4.78, 5) is 1.91. The van der Waals surface area contributed by atoms with E-state index in [1.165, 1.54) is 6.07 Å². The number of hydrogen-bond donors (Lipinski definition) is 0. The number of halogens is 3. The van der Waals surface area contributed by atoms with Crippen molar-refractivity contribution >= 4 is 5.69 Å². The molecule has 0 aliphatic carbocycles. The van der Waals surface area contributed by atoms with Crippen LogP contribution in [0.5, 0.6) is 0 Å². The highest BCUT2D eigenvalue weighted by Gasteiger charge is 2.34. The van der Waals surface area contributed by atoms with Gasteiger partial charge in [-0.25, -0.2) is 0 Å². The average molecular weight is 270 g/mol. The number of nitriles is 1. The third-order valence-electron chi connectivity index (χ3n) is 2.78. The van der Waals surface area contributed by atoms with Crippen molar-refractivity contribution in [2.45, 2.75) is 32.9 Å². The Morgan fingerprint density at radius 1 is 1.16 bits per heavy atom. The summed E-state index contributed by atoms with van der Waals surface area (Å²) < 4.78 is 38.6. The van der Waals surface area contributed by atoms with E-state index in [1.807, 2.05) is 18.7 Å². The molecular formula is C14H17F3N2. The second kappa shape index (κ2) is 6.46. The van der Waals surface area contributed by atoms with Crippen LogP contribution >= 0.6 is 0 Å². The van der Waals surface area contributed by atoms with Crippen molar-refractivity contribution < 1.29 is 13.2 Å². The maximum Gasteiger partial charge on any atom is 0.417 e. The normalized spacial score (nSPS) is 11.2. The molecule has 2 nitrogen and oxygen atoms in total. The van der Waals surface area contributed by atoms with E-state index in [9.17, 15) is 13.2 Å². The fourth-order valence-corrected chi connectivity index (χ4v) is 1.97. The summed E-state index contributed by atoms with van der Waals surface area (Å²) in [5, 5.41) is 8.75. The van der Waals surface area contributed by atoms with Crippen LogP contribution in [-0.4, -0.2) is 13.1 Å². The maximum atomic E-state index is 12.9. The first-order valence-corrected chi connectivity index (χ1v) is 6.30. The molecule has 5 heteroatoms. The van der Waals surface area contributed by atoms with Gasteiger partial charge in [0.1, 0.15) is 0 Å². The van der Waals surface area contributed by atoms with Crippen LogP contribution in [0, 0.1) is 11.3 Å². The molecule has 1 rings (SSSR count). The molecule has 0 unspecified atom stereocenters. The molecule has 0 spiro atoms. The Labute approximate surface area is 111 Å². The van der Waals surface area contributed by atoms with E-state index in [0.717, 1.165) is 18.9 Å². The van der Waals surface area contributed by atoms with Gasteiger partial charge in [0, 0.05) is 18.8 Å². The first kappa shape index (κ1) is 15.4. The van der Waals surface area contributed by atoms with Crippen molar-refractivity contribution in [1.82, 2.24) is 0 Å². The minimum absolute atomic E-state index is 0.329. The van der Waals surface area contributed by atoms with Crippen molar-refractivity contribution in [2.24, 2.45) is 0 Å². The lowest BCUT2D eigenvalue weighted by molar-refractivity contribution is -0.137. The molecule has 0 saturated heterocycles. The van der Waals surface area contributed by atoms with Crippen LogP contribution in [0.1, 0.15) is 37.8 Å². The predicted octanol–water partition coefficient (Wildman–Crippen LogP) is 4.20. The highest BCUT2D eigenvalue weighted by molar-refractivity contribution is 5.54. The molecule has 19 heavy (non-hydrogen) atoms. The Hall–Kier alpha value is -1.70. The summed E-state index contributed by atoms with van der Waals surface area (Å²) in [5.41, 5.74) is -0.663. The van der Waals surface area contributed by atoms with Gasteiger partial charge in [0.2, 0.25) is 0 Å². The highest BCUT2D eigenvalue weighted by atomic mass is 19.4. The van der Waals surface area contributed by atoms with Gasteiger partial charge in [0.05, 0.1) is 17.2 Å². The van der Waals surface area contributed by atoms with Crippen LogP contribution in [0.25, 0.3) is 0 Å². The third-order valence-corrected chi connectivity index (χ3v) is 2.78. The monoisotopic (exact) mass is 270 g/mol. The van der Waals surface area contributed by atoms with Gasteiger partial charge in [-0.3, -0.25) is 0 Å². The molecule has 0 fully saturated rings. The molecule has 0 bridgehead atoms. The van der Waals surface area contributed by atoms with E-state index in [1.54, 1.807) is 12.1 Å². The zero-order valence-electron chi connectivity index (χ0n) is 11.1. The van der Waals surface area contributed by atoms with Crippen molar-refractivity contribution in [3.8, 4) is 6.07 Å². The molecule has 0 N–H and O–H groups in total. The lowest BCUT2D eigenvalue weighted by atomic mass is 10.1. The number of hydrogen-bond acceptors (Lipinski definition) is 2. The number of nitrogens with zero attached hydrogens (tertiary/aromatic N) is 2. The summed E-state index contributed by atoms with van der Waals surface area (Å²) in [7, 11) is 0. The first-order valence-electron chi connectivity index (χ1n) is 6.30. The molecule has 104 valence electrons. The van der Waals surface area contributed by atoms with Crippen molar-refractivity contribution in [3.05, 3.63) is 29.3 Å². The van der Waals surface area contributed by atoms with E-state index in [0.29, 0.717) is 18.8 Å². The summed E-state index contributed by atoms with van der Waals surface area (Å²) in [5.74, 6) is 0. The molecule has 0 saturated carbocycles. The molecule has 0 aromatic heterocycles. The third kappa shape index (κ3) is 3.88. The molecule has 1 aromatic rings. The fourth-order valence-electron chi connectivity index (χ4n) is 1.97. The van der Waals surface area contributed by atoms with Crippen LogP contribution in [0.2, 0.25) is 0 Å². The van der Waals surface area contributed by atoms with E-state index >= 15 is 0 Å². The first-order chi connectivity index (χ1) is 8.93. The lowest BCUT2D eigenvalue weighted by Gasteiger charge is -2.25. The zero-order chi connectivity index (χ0) is 14.5. The summed E-state index contributed by atoms with van der Waals surface area (Å²) in [6, 6.07) is 5.50. The van der Waals surface area contributed by atoms with E-state index in [-0.39, 0.29) is 5.56 Å². The van der Waals surface area contributed by atoms with Gasteiger partial charge < -0.3 is 4.90 Å². The summed E-state index contributed by atoms with van der Waals surface area (Å²) in [6.45, 7) is 5.38. The smallest absolute Gasteiger partial charge is 0.372 e. The predicted molar refractivity (Wildman–Crippen MR) is 69.0 cm³/mol. The largest absolute Gasteiger partial charge is 0.417 e. The topological polar surface area (TPSA) is 27.0 Å². The van der Waals surface area contributed by atoms with Gasteiger partial charge in [-0.05, 0) is 31.0 Å². The quantitative estimate of drug-likeness (QED) is 0.801. The van der Waals surface area contributed by atoms with Crippen LogP contribution in [0.15, 0.2) is 18.2 Å².